The lowest BCUT2D eigenvalue weighted by Gasteiger charge is -2.05. The number of unbranched alkanes of at least 4 members (excludes halogenated alkanes) is 4. The molecule has 5 rings (SSSR count). The fourth-order valence-electron chi connectivity index (χ4n) is 4.83. The minimum absolute atomic E-state index is 1.19. The van der Waals surface area contributed by atoms with Gasteiger partial charge < -0.3 is 0 Å². The van der Waals surface area contributed by atoms with Crippen molar-refractivity contribution in [1.29, 1.82) is 0 Å². The van der Waals surface area contributed by atoms with Crippen molar-refractivity contribution >= 4 is 53.1 Å². The Bertz CT molecular complexity index is 1250. The number of aryl methyl sites for hydroxylation is 2. The number of thiophene rings is 1. The van der Waals surface area contributed by atoms with Crippen molar-refractivity contribution in [3.63, 3.8) is 0 Å². The van der Waals surface area contributed by atoms with Crippen LogP contribution >= 0.6 is 11.3 Å². The third-order valence-electron chi connectivity index (χ3n) is 6.65. The largest absolute Gasteiger partial charge is 0.135 e. The average molecular weight is 425 g/mol. The van der Waals surface area contributed by atoms with Crippen LogP contribution in [0.5, 0.6) is 0 Å². The molecule has 0 radical (unpaired) electrons. The van der Waals surface area contributed by atoms with Crippen molar-refractivity contribution in [2.45, 2.75) is 65.2 Å². The van der Waals surface area contributed by atoms with Crippen molar-refractivity contribution in [1.82, 2.24) is 0 Å². The van der Waals surface area contributed by atoms with Gasteiger partial charge in [-0.05, 0) is 82.6 Å². The van der Waals surface area contributed by atoms with Crippen molar-refractivity contribution in [3.05, 3.63) is 71.8 Å². The van der Waals surface area contributed by atoms with Crippen LogP contribution in [0, 0.1) is 0 Å². The number of rotatable bonds is 8. The molecule has 1 heteroatoms. The van der Waals surface area contributed by atoms with E-state index in [1.165, 1.54) is 104 Å². The van der Waals surface area contributed by atoms with Crippen LogP contribution in [0.3, 0.4) is 0 Å². The van der Waals surface area contributed by atoms with Crippen LogP contribution in [0.4, 0.5) is 0 Å². The molecule has 158 valence electrons. The van der Waals surface area contributed by atoms with E-state index in [2.05, 4.69) is 74.5 Å². The van der Waals surface area contributed by atoms with E-state index >= 15 is 0 Å². The first kappa shape index (κ1) is 20.5. The summed E-state index contributed by atoms with van der Waals surface area (Å²) in [6, 6.07) is 23.8. The molecule has 0 saturated heterocycles. The summed E-state index contributed by atoms with van der Waals surface area (Å²) in [4.78, 5) is 0. The Balaban J connectivity index is 1.55. The molecule has 0 atom stereocenters. The maximum atomic E-state index is 2.42. The van der Waals surface area contributed by atoms with Gasteiger partial charge in [-0.1, -0.05) is 75.9 Å². The number of hydrogen-bond donors (Lipinski definition) is 0. The van der Waals surface area contributed by atoms with Crippen LogP contribution in [0.2, 0.25) is 0 Å². The quantitative estimate of drug-likeness (QED) is 0.217. The van der Waals surface area contributed by atoms with Crippen molar-refractivity contribution in [3.8, 4) is 0 Å². The highest BCUT2D eigenvalue weighted by Crippen LogP contribution is 2.39. The molecule has 0 spiro atoms. The van der Waals surface area contributed by atoms with Crippen molar-refractivity contribution in [2.75, 3.05) is 0 Å². The Morgan fingerprint density at radius 2 is 1.00 bits per heavy atom. The van der Waals surface area contributed by atoms with E-state index in [9.17, 15) is 0 Å². The number of hydrogen-bond acceptors (Lipinski definition) is 1. The first-order valence-corrected chi connectivity index (χ1v) is 12.9. The predicted octanol–water partition coefficient (Wildman–Crippen LogP) is 9.83. The van der Waals surface area contributed by atoms with Gasteiger partial charge in [0, 0.05) is 20.2 Å². The zero-order valence-corrected chi connectivity index (χ0v) is 19.7. The summed E-state index contributed by atoms with van der Waals surface area (Å²) in [6.45, 7) is 4.55. The maximum Gasteiger partial charge on any atom is 0.0361 e. The van der Waals surface area contributed by atoms with Gasteiger partial charge in [0.05, 0.1) is 0 Å². The van der Waals surface area contributed by atoms with Crippen molar-refractivity contribution in [2.24, 2.45) is 0 Å². The fraction of sp³-hybridized carbons (Fsp3) is 0.333. The van der Waals surface area contributed by atoms with Gasteiger partial charge in [0.15, 0.2) is 0 Å². The highest BCUT2D eigenvalue weighted by Gasteiger charge is 2.09. The number of benzene rings is 4. The summed E-state index contributed by atoms with van der Waals surface area (Å²) in [5.41, 5.74) is 2.95. The first-order chi connectivity index (χ1) is 15.2. The van der Waals surface area contributed by atoms with Gasteiger partial charge in [0.2, 0.25) is 0 Å². The summed E-state index contributed by atoms with van der Waals surface area (Å²) in [6.07, 6.45) is 10.2. The van der Waals surface area contributed by atoms with Gasteiger partial charge in [-0.15, -0.1) is 11.3 Å². The van der Waals surface area contributed by atoms with Crippen LogP contribution in [0.15, 0.2) is 60.7 Å². The van der Waals surface area contributed by atoms with E-state index in [1.54, 1.807) is 0 Å². The van der Waals surface area contributed by atoms with Gasteiger partial charge in [-0.25, -0.2) is 0 Å². The smallest absolute Gasteiger partial charge is 0.0361 e. The van der Waals surface area contributed by atoms with Crippen LogP contribution < -0.4 is 0 Å². The molecule has 4 aromatic carbocycles. The topological polar surface area (TPSA) is 0 Å². The van der Waals surface area contributed by atoms with E-state index in [-0.39, 0.29) is 0 Å². The molecule has 31 heavy (non-hydrogen) atoms. The van der Waals surface area contributed by atoms with E-state index in [0.29, 0.717) is 0 Å². The summed E-state index contributed by atoms with van der Waals surface area (Å²) >= 11 is 1.95. The van der Waals surface area contributed by atoms with Crippen molar-refractivity contribution < 1.29 is 0 Å². The van der Waals surface area contributed by atoms with Crippen LogP contribution in [0.1, 0.15) is 63.5 Å². The maximum absolute atomic E-state index is 2.42. The van der Waals surface area contributed by atoms with Gasteiger partial charge >= 0.3 is 0 Å². The molecule has 0 amide bonds. The summed E-state index contributed by atoms with van der Waals surface area (Å²) in [5.74, 6) is 0. The Morgan fingerprint density at radius 1 is 0.516 bits per heavy atom. The minimum Gasteiger partial charge on any atom is -0.135 e. The second-order valence-electron chi connectivity index (χ2n) is 9.08. The van der Waals surface area contributed by atoms with E-state index in [4.69, 9.17) is 0 Å². The summed E-state index contributed by atoms with van der Waals surface area (Å²) < 4.78 is 2.82. The first-order valence-electron chi connectivity index (χ1n) is 12.1. The monoisotopic (exact) mass is 424 g/mol. The van der Waals surface area contributed by atoms with E-state index in [1.807, 2.05) is 11.3 Å². The third-order valence-corrected chi connectivity index (χ3v) is 7.77. The molecule has 0 saturated carbocycles. The Hall–Kier alpha value is -2.38. The third kappa shape index (κ3) is 4.21. The molecule has 1 heterocycles. The van der Waals surface area contributed by atoms with E-state index in [0.717, 1.165) is 0 Å². The van der Waals surface area contributed by atoms with Gasteiger partial charge in [-0.3, -0.25) is 0 Å². The normalized spacial score (nSPS) is 11.9. The average Bonchev–Trinajstić information content (AvgIpc) is 3.12. The summed E-state index contributed by atoms with van der Waals surface area (Å²) in [5, 5.41) is 8.29. The molecule has 0 unspecified atom stereocenters. The Kier molecular flexibility index (Phi) is 5.96. The lowest BCUT2D eigenvalue weighted by Crippen LogP contribution is -1.86. The van der Waals surface area contributed by atoms with Gasteiger partial charge in [-0.2, -0.15) is 0 Å². The molecular formula is C30H32S. The SMILES string of the molecule is CCCCCc1ccc2cc3c(cc2c1)sc1cc2cc(CCCCC)ccc2cc13. The van der Waals surface area contributed by atoms with Crippen LogP contribution in [-0.2, 0) is 12.8 Å². The Morgan fingerprint density at radius 3 is 1.45 bits per heavy atom. The molecule has 5 aromatic rings. The molecule has 0 aliphatic rings. The molecule has 0 nitrogen and oxygen atoms in total. The van der Waals surface area contributed by atoms with Crippen LogP contribution in [-0.4, -0.2) is 0 Å². The zero-order valence-electron chi connectivity index (χ0n) is 18.8. The number of fused-ring (bicyclic) bond motifs is 5. The molecular weight excluding hydrogens is 392 g/mol. The lowest BCUT2D eigenvalue weighted by atomic mass is 9.99. The minimum atomic E-state index is 1.19. The molecule has 1 aromatic heterocycles. The van der Waals surface area contributed by atoms with Gasteiger partial charge in [0.25, 0.3) is 0 Å². The molecule has 0 aliphatic carbocycles. The van der Waals surface area contributed by atoms with Gasteiger partial charge in [0.1, 0.15) is 0 Å². The Labute approximate surface area is 189 Å². The molecule has 0 bridgehead atoms. The highest BCUT2D eigenvalue weighted by molar-refractivity contribution is 7.26. The lowest BCUT2D eigenvalue weighted by molar-refractivity contribution is 0.718. The second kappa shape index (κ2) is 9.01. The molecule has 0 N–H and O–H groups in total. The molecule has 0 aliphatic heterocycles. The standard InChI is InChI=1S/C30H32S/c1-3-5-7-9-21-11-13-23-17-27-28-18-24-14-12-22(10-8-6-4-2)16-26(24)20-30(28)31-29(27)19-25(23)15-21/h11-20H,3-10H2,1-2H3. The summed E-state index contributed by atoms with van der Waals surface area (Å²) in [7, 11) is 0. The second-order valence-corrected chi connectivity index (χ2v) is 10.2. The van der Waals surface area contributed by atoms with Crippen LogP contribution in [0.25, 0.3) is 41.7 Å². The highest BCUT2D eigenvalue weighted by atomic mass is 32.1. The zero-order chi connectivity index (χ0) is 21.2. The molecule has 0 fully saturated rings. The predicted molar refractivity (Wildman–Crippen MR) is 141 cm³/mol. The van der Waals surface area contributed by atoms with E-state index < -0.39 is 0 Å². The fourth-order valence-corrected chi connectivity index (χ4v) is 6.00.